The quantitative estimate of drug-likeness (QED) is 0.823. The van der Waals surface area contributed by atoms with E-state index in [4.69, 9.17) is 5.73 Å². The van der Waals surface area contributed by atoms with E-state index >= 15 is 0 Å². The van der Waals surface area contributed by atoms with Gasteiger partial charge in [0.1, 0.15) is 0 Å². The number of nitrogens with one attached hydrogen (secondary N) is 1. The molecule has 0 aliphatic carbocycles. The van der Waals surface area contributed by atoms with Crippen LogP contribution in [0.1, 0.15) is 20.3 Å². The van der Waals surface area contributed by atoms with Crippen LogP contribution < -0.4 is 11.1 Å². The zero-order valence-corrected chi connectivity index (χ0v) is 13.8. The number of benzene rings is 1. The second-order valence-corrected chi connectivity index (χ2v) is 5.26. The van der Waals surface area contributed by atoms with Gasteiger partial charge in [0.05, 0.1) is 22.9 Å². The van der Waals surface area contributed by atoms with Gasteiger partial charge in [0.2, 0.25) is 5.91 Å². The molecule has 0 radical (unpaired) electrons. The Labute approximate surface area is 137 Å². The monoisotopic (exact) mass is 332 g/mol. The number of aromatic nitrogens is 2. The van der Waals surface area contributed by atoms with Gasteiger partial charge in [-0.05, 0) is 32.4 Å². The molecule has 2 aromatic rings. The van der Waals surface area contributed by atoms with E-state index in [-0.39, 0.29) is 30.7 Å². The van der Waals surface area contributed by atoms with E-state index in [1.807, 2.05) is 30.6 Å². The first kappa shape index (κ1) is 19.7. The fourth-order valence-corrected chi connectivity index (χ4v) is 1.87. The third kappa shape index (κ3) is 5.19. The predicted molar refractivity (Wildman–Crippen MR) is 90.1 cm³/mol. The predicted octanol–water partition coefficient (Wildman–Crippen LogP) is 2.12. The summed E-state index contributed by atoms with van der Waals surface area (Å²) in [4.78, 5) is 15.9. The van der Waals surface area contributed by atoms with Gasteiger partial charge in [0.25, 0.3) is 0 Å². The molecule has 21 heavy (non-hydrogen) atoms. The number of rotatable bonds is 5. The van der Waals surface area contributed by atoms with Crippen molar-refractivity contribution in [2.24, 2.45) is 5.73 Å². The maximum Gasteiger partial charge on any atom is 0.239 e. The van der Waals surface area contributed by atoms with Gasteiger partial charge in [-0.2, -0.15) is 0 Å². The van der Waals surface area contributed by atoms with Crippen LogP contribution in [0, 0.1) is 0 Å². The summed E-state index contributed by atoms with van der Waals surface area (Å²) in [5.41, 5.74) is 7.00. The molecule has 1 heterocycles. The molecular weight excluding hydrogens is 311 g/mol. The first-order valence-corrected chi connectivity index (χ1v) is 6.45. The lowest BCUT2D eigenvalue weighted by Gasteiger charge is -2.17. The van der Waals surface area contributed by atoms with Crippen molar-refractivity contribution in [1.82, 2.24) is 14.9 Å². The molecule has 1 aromatic heterocycles. The Morgan fingerprint density at radius 2 is 2.00 bits per heavy atom. The van der Waals surface area contributed by atoms with Gasteiger partial charge in [-0.25, -0.2) is 4.98 Å². The van der Waals surface area contributed by atoms with Crippen LogP contribution in [0.5, 0.6) is 0 Å². The number of nitrogens with two attached hydrogens (primary N) is 1. The number of amides is 1. The van der Waals surface area contributed by atoms with Gasteiger partial charge in [-0.3, -0.25) is 4.79 Å². The Hall–Kier alpha value is -1.30. The number of nitrogens with zero attached hydrogens (tertiary/aromatic N) is 2. The van der Waals surface area contributed by atoms with Crippen LogP contribution >= 0.6 is 24.8 Å². The number of fused-ring (bicyclic) bond motifs is 1. The lowest BCUT2D eigenvalue weighted by molar-refractivity contribution is -0.125. The average molecular weight is 333 g/mol. The minimum atomic E-state index is -0.818. The molecule has 5 nitrogen and oxygen atoms in total. The molecule has 2 rings (SSSR count). The van der Waals surface area contributed by atoms with Gasteiger partial charge >= 0.3 is 0 Å². The number of carbonyl (C=O) groups is 1. The Morgan fingerprint density at radius 3 is 2.67 bits per heavy atom. The van der Waals surface area contributed by atoms with E-state index in [1.54, 1.807) is 13.8 Å². The third-order valence-corrected chi connectivity index (χ3v) is 2.97. The first-order chi connectivity index (χ1) is 8.98. The topological polar surface area (TPSA) is 72.9 Å². The first-order valence-electron chi connectivity index (χ1n) is 6.45. The molecule has 0 aliphatic heterocycles. The zero-order chi connectivity index (χ0) is 13.9. The molecule has 0 aliphatic rings. The van der Waals surface area contributed by atoms with Crippen molar-refractivity contribution in [3.63, 3.8) is 0 Å². The normalized spacial score (nSPS) is 10.6. The Morgan fingerprint density at radius 1 is 1.33 bits per heavy atom. The summed E-state index contributed by atoms with van der Waals surface area (Å²) in [5.74, 6) is -0.122. The number of hydrogen-bond donors (Lipinski definition) is 2. The van der Waals surface area contributed by atoms with E-state index < -0.39 is 5.54 Å². The lowest BCUT2D eigenvalue weighted by Crippen LogP contribution is -2.49. The molecule has 0 bridgehead atoms. The molecule has 1 amide bonds. The van der Waals surface area contributed by atoms with E-state index in [0.717, 1.165) is 24.0 Å². The van der Waals surface area contributed by atoms with Crippen molar-refractivity contribution < 1.29 is 4.79 Å². The summed E-state index contributed by atoms with van der Waals surface area (Å²) in [6.07, 6.45) is 2.68. The van der Waals surface area contributed by atoms with E-state index in [9.17, 15) is 4.79 Å². The molecule has 0 saturated carbocycles. The van der Waals surface area contributed by atoms with Crippen molar-refractivity contribution >= 4 is 41.8 Å². The summed E-state index contributed by atoms with van der Waals surface area (Å²) in [7, 11) is 0. The van der Waals surface area contributed by atoms with Gasteiger partial charge < -0.3 is 15.6 Å². The molecule has 1 aromatic carbocycles. The highest BCUT2D eigenvalue weighted by Crippen LogP contribution is 2.11. The van der Waals surface area contributed by atoms with Gasteiger partial charge in [-0.15, -0.1) is 24.8 Å². The SMILES string of the molecule is CC(C)(N)C(=O)NCCCn1cnc2ccccc21.Cl.Cl. The van der Waals surface area contributed by atoms with Crippen LogP contribution in [0.4, 0.5) is 0 Å². The van der Waals surface area contributed by atoms with E-state index in [1.165, 1.54) is 0 Å². The minimum Gasteiger partial charge on any atom is -0.354 e. The number of halogens is 2. The van der Waals surface area contributed by atoms with Crippen LogP contribution in [-0.2, 0) is 11.3 Å². The number of imidazole rings is 1. The van der Waals surface area contributed by atoms with Crippen molar-refractivity contribution in [2.45, 2.75) is 32.4 Å². The summed E-state index contributed by atoms with van der Waals surface area (Å²) in [6.45, 7) is 4.84. The maximum absolute atomic E-state index is 11.6. The number of para-hydroxylation sites is 2. The Bertz CT molecular complexity index is 578. The molecule has 7 heteroatoms. The molecule has 0 saturated heterocycles. The van der Waals surface area contributed by atoms with Crippen molar-refractivity contribution in [3.05, 3.63) is 30.6 Å². The smallest absolute Gasteiger partial charge is 0.239 e. The zero-order valence-electron chi connectivity index (χ0n) is 12.2. The fourth-order valence-electron chi connectivity index (χ4n) is 1.87. The molecule has 0 spiro atoms. The molecule has 0 atom stereocenters. The molecule has 118 valence electrons. The van der Waals surface area contributed by atoms with Crippen molar-refractivity contribution in [3.8, 4) is 0 Å². The highest BCUT2D eigenvalue weighted by atomic mass is 35.5. The van der Waals surface area contributed by atoms with Gasteiger partial charge in [-0.1, -0.05) is 12.1 Å². The van der Waals surface area contributed by atoms with Crippen molar-refractivity contribution in [2.75, 3.05) is 6.54 Å². The van der Waals surface area contributed by atoms with E-state index in [0.29, 0.717) is 6.54 Å². The summed E-state index contributed by atoms with van der Waals surface area (Å²) in [5, 5.41) is 2.84. The van der Waals surface area contributed by atoms with Gasteiger partial charge in [0, 0.05) is 13.1 Å². The fraction of sp³-hybridized carbons (Fsp3) is 0.429. The van der Waals surface area contributed by atoms with Crippen molar-refractivity contribution in [1.29, 1.82) is 0 Å². The van der Waals surface area contributed by atoms with E-state index in [2.05, 4.69) is 14.9 Å². The number of hydrogen-bond acceptors (Lipinski definition) is 3. The van der Waals surface area contributed by atoms with Crippen LogP contribution in [-0.4, -0.2) is 27.5 Å². The highest BCUT2D eigenvalue weighted by molar-refractivity contribution is 5.86. The summed E-state index contributed by atoms with van der Waals surface area (Å²) < 4.78 is 2.09. The lowest BCUT2D eigenvalue weighted by atomic mass is 10.1. The standard InChI is InChI=1S/C14H20N4O.2ClH/c1-14(2,15)13(19)16-8-5-9-18-10-17-11-6-3-4-7-12(11)18;;/h3-4,6-7,10H,5,8-9,15H2,1-2H3,(H,16,19);2*1H. The maximum atomic E-state index is 11.6. The minimum absolute atomic E-state index is 0. The number of carbonyl (C=O) groups excluding carboxylic acids is 1. The summed E-state index contributed by atoms with van der Waals surface area (Å²) >= 11 is 0. The number of aryl methyl sites for hydroxylation is 1. The second kappa shape index (κ2) is 8.22. The van der Waals surface area contributed by atoms with Crippen LogP contribution in [0.3, 0.4) is 0 Å². The largest absolute Gasteiger partial charge is 0.354 e. The summed E-state index contributed by atoms with van der Waals surface area (Å²) in [6, 6.07) is 8.01. The Balaban J connectivity index is 0.00000200. The van der Waals surface area contributed by atoms with Crippen LogP contribution in [0.15, 0.2) is 30.6 Å². The molecule has 0 unspecified atom stereocenters. The van der Waals surface area contributed by atoms with Gasteiger partial charge in [0.15, 0.2) is 0 Å². The highest BCUT2D eigenvalue weighted by Gasteiger charge is 2.20. The molecule has 0 fully saturated rings. The molecular formula is C14H22Cl2N4O. The molecule has 3 N–H and O–H groups in total. The van der Waals surface area contributed by atoms with Crippen LogP contribution in [0.2, 0.25) is 0 Å². The average Bonchev–Trinajstić information content (AvgIpc) is 2.76. The Kier molecular flexibility index (Phi) is 7.71. The van der Waals surface area contributed by atoms with Crippen LogP contribution in [0.25, 0.3) is 11.0 Å². The third-order valence-electron chi connectivity index (χ3n) is 2.97. The second-order valence-electron chi connectivity index (χ2n) is 5.26.